The summed E-state index contributed by atoms with van der Waals surface area (Å²) in [4.78, 5) is 13.0. The van der Waals surface area contributed by atoms with Crippen molar-refractivity contribution in [3.63, 3.8) is 0 Å². The largest absolute Gasteiger partial charge is 0.489 e. The topological polar surface area (TPSA) is 75.7 Å². The van der Waals surface area contributed by atoms with Crippen LogP contribution in [0.4, 0.5) is 5.69 Å². The van der Waals surface area contributed by atoms with E-state index in [0.717, 1.165) is 5.56 Å². The number of rotatable bonds is 7. The second-order valence-electron chi connectivity index (χ2n) is 7.94. The number of sulfonamides is 1. The Labute approximate surface area is 199 Å². The Bertz CT molecular complexity index is 1180. The quantitative estimate of drug-likeness (QED) is 0.514. The van der Waals surface area contributed by atoms with Crippen LogP contribution in [0.2, 0.25) is 5.02 Å². The van der Waals surface area contributed by atoms with Gasteiger partial charge in [0, 0.05) is 23.8 Å². The molecule has 33 heavy (non-hydrogen) atoms. The summed E-state index contributed by atoms with van der Waals surface area (Å²) in [6, 6.07) is 23.1. The number of hydrogen-bond donors (Lipinski definition) is 1. The summed E-state index contributed by atoms with van der Waals surface area (Å²) in [5.74, 6) is 0.0912. The fraction of sp³-hybridized carbons (Fsp3) is 0.240. The Kier molecular flexibility index (Phi) is 7.33. The number of hydrogen-bond acceptors (Lipinski definition) is 4. The zero-order valence-corrected chi connectivity index (χ0v) is 19.6. The maximum absolute atomic E-state index is 13.0. The fourth-order valence-electron chi connectivity index (χ4n) is 3.75. The SMILES string of the molecule is O=C(Nc1ccc(OCc2ccccc2)cc1)[C@@H]1CCCN(S(=O)(=O)c2ccc(Cl)cc2)C1. The van der Waals surface area contributed by atoms with Crippen LogP contribution in [0.5, 0.6) is 5.75 Å². The summed E-state index contributed by atoms with van der Waals surface area (Å²) in [6.07, 6.45) is 1.26. The van der Waals surface area contributed by atoms with Crippen molar-refractivity contribution in [2.45, 2.75) is 24.3 Å². The fourth-order valence-corrected chi connectivity index (χ4v) is 5.40. The summed E-state index contributed by atoms with van der Waals surface area (Å²) in [7, 11) is -3.67. The van der Waals surface area contributed by atoms with Crippen molar-refractivity contribution >= 4 is 33.2 Å². The van der Waals surface area contributed by atoms with Gasteiger partial charge < -0.3 is 10.1 Å². The van der Waals surface area contributed by atoms with E-state index >= 15 is 0 Å². The molecular weight excluding hydrogens is 460 g/mol. The third-order valence-corrected chi connectivity index (χ3v) is 7.71. The van der Waals surface area contributed by atoms with Crippen molar-refractivity contribution in [1.29, 1.82) is 0 Å². The highest BCUT2D eigenvalue weighted by molar-refractivity contribution is 7.89. The third-order valence-electron chi connectivity index (χ3n) is 5.58. The Morgan fingerprint density at radius 1 is 1.00 bits per heavy atom. The Morgan fingerprint density at radius 2 is 1.70 bits per heavy atom. The number of carbonyl (C=O) groups excluding carboxylic acids is 1. The van der Waals surface area contributed by atoms with Crippen LogP contribution in [0.25, 0.3) is 0 Å². The van der Waals surface area contributed by atoms with Gasteiger partial charge in [0.25, 0.3) is 0 Å². The first-order valence-corrected chi connectivity index (χ1v) is 12.6. The van der Waals surface area contributed by atoms with Crippen LogP contribution in [-0.4, -0.2) is 31.7 Å². The molecule has 8 heteroatoms. The number of anilines is 1. The molecule has 3 aromatic rings. The summed E-state index contributed by atoms with van der Waals surface area (Å²) in [5, 5.41) is 3.37. The lowest BCUT2D eigenvalue weighted by Gasteiger charge is -2.31. The van der Waals surface area contributed by atoms with Crippen molar-refractivity contribution in [3.8, 4) is 5.75 Å². The molecule has 1 fully saturated rings. The number of piperidine rings is 1. The van der Waals surface area contributed by atoms with Crippen LogP contribution in [-0.2, 0) is 21.4 Å². The van der Waals surface area contributed by atoms with Crippen LogP contribution in [0, 0.1) is 5.92 Å². The van der Waals surface area contributed by atoms with Crippen LogP contribution in [0.1, 0.15) is 18.4 Å². The first-order valence-electron chi connectivity index (χ1n) is 10.8. The van der Waals surface area contributed by atoms with Crippen molar-refractivity contribution in [2.24, 2.45) is 5.92 Å². The van der Waals surface area contributed by atoms with Gasteiger partial charge in [0.15, 0.2) is 0 Å². The third kappa shape index (κ3) is 5.93. The maximum Gasteiger partial charge on any atom is 0.243 e. The minimum atomic E-state index is -3.67. The van der Waals surface area contributed by atoms with Crippen LogP contribution >= 0.6 is 11.6 Å². The number of carbonyl (C=O) groups is 1. The molecule has 1 N–H and O–H groups in total. The number of benzene rings is 3. The normalized spacial score (nSPS) is 16.8. The van der Waals surface area contributed by atoms with E-state index < -0.39 is 15.9 Å². The van der Waals surface area contributed by atoms with Crippen molar-refractivity contribution in [3.05, 3.63) is 89.4 Å². The molecule has 1 atom stereocenters. The second kappa shape index (κ2) is 10.4. The zero-order valence-electron chi connectivity index (χ0n) is 18.0. The van der Waals surface area contributed by atoms with Crippen LogP contribution in [0.3, 0.4) is 0 Å². The highest BCUT2D eigenvalue weighted by Crippen LogP contribution is 2.26. The lowest BCUT2D eigenvalue weighted by atomic mass is 9.99. The molecule has 0 unspecified atom stereocenters. The van der Waals surface area contributed by atoms with E-state index in [1.165, 1.54) is 16.4 Å². The first-order chi connectivity index (χ1) is 15.9. The lowest BCUT2D eigenvalue weighted by molar-refractivity contribution is -0.120. The molecule has 1 aliphatic rings. The van der Waals surface area contributed by atoms with E-state index in [-0.39, 0.29) is 17.3 Å². The van der Waals surface area contributed by atoms with Gasteiger partial charge >= 0.3 is 0 Å². The maximum atomic E-state index is 13.0. The van der Waals surface area contributed by atoms with Gasteiger partial charge in [-0.05, 0) is 66.9 Å². The highest BCUT2D eigenvalue weighted by atomic mass is 35.5. The molecule has 0 spiro atoms. The summed E-state index contributed by atoms with van der Waals surface area (Å²) in [6.45, 7) is 1.00. The average Bonchev–Trinajstić information content (AvgIpc) is 2.84. The average molecular weight is 485 g/mol. The first kappa shape index (κ1) is 23.3. The van der Waals surface area contributed by atoms with Crippen molar-refractivity contribution in [1.82, 2.24) is 4.31 Å². The highest BCUT2D eigenvalue weighted by Gasteiger charge is 2.33. The molecule has 4 rings (SSSR count). The van der Waals surface area contributed by atoms with Gasteiger partial charge in [0.1, 0.15) is 12.4 Å². The van der Waals surface area contributed by atoms with Crippen LogP contribution in [0.15, 0.2) is 83.8 Å². The molecule has 0 saturated carbocycles. The molecule has 3 aromatic carbocycles. The number of nitrogens with one attached hydrogen (secondary N) is 1. The second-order valence-corrected chi connectivity index (χ2v) is 10.3. The monoisotopic (exact) mass is 484 g/mol. The van der Waals surface area contributed by atoms with Crippen molar-refractivity contribution in [2.75, 3.05) is 18.4 Å². The summed E-state index contributed by atoms with van der Waals surface area (Å²) in [5.41, 5.74) is 1.72. The summed E-state index contributed by atoms with van der Waals surface area (Å²) < 4.78 is 33.1. The molecule has 0 aromatic heterocycles. The van der Waals surface area contributed by atoms with Gasteiger partial charge in [-0.15, -0.1) is 0 Å². The van der Waals surface area contributed by atoms with E-state index in [1.54, 1.807) is 36.4 Å². The predicted molar refractivity (Wildman–Crippen MR) is 129 cm³/mol. The van der Waals surface area contributed by atoms with Gasteiger partial charge in [-0.25, -0.2) is 8.42 Å². The Balaban J connectivity index is 1.34. The van der Waals surface area contributed by atoms with E-state index in [2.05, 4.69) is 5.32 Å². The molecule has 172 valence electrons. The number of nitrogens with zero attached hydrogens (tertiary/aromatic N) is 1. The molecule has 0 bridgehead atoms. The number of amides is 1. The van der Waals surface area contributed by atoms with Gasteiger partial charge in [-0.2, -0.15) is 4.31 Å². The molecule has 1 saturated heterocycles. The molecule has 1 heterocycles. The lowest BCUT2D eigenvalue weighted by Crippen LogP contribution is -2.43. The number of ether oxygens (including phenoxy) is 1. The molecule has 0 radical (unpaired) electrons. The van der Waals surface area contributed by atoms with Gasteiger partial charge in [0.05, 0.1) is 10.8 Å². The molecule has 1 amide bonds. The van der Waals surface area contributed by atoms with E-state index in [9.17, 15) is 13.2 Å². The Morgan fingerprint density at radius 3 is 2.39 bits per heavy atom. The van der Waals surface area contributed by atoms with Crippen LogP contribution < -0.4 is 10.1 Å². The standard InChI is InChI=1S/C25H25ClN2O4S/c26-21-8-14-24(15-9-21)33(30,31)28-16-4-7-20(17-28)25(29)27-22-10-12-23(13-11-22)32-18-19-5-2-1-3-6-19/h1-3,5-6,8-15,20H,4,7,16-18H2,(H,27,29)/t20-/m1/s1. The molecule has 6 nitrogen and oxygen atoms in total. The van der Waals surface area contributed by atoms with Gasteiger partial charge in [-0.3, -0.25) is 4.79 Å². The van der Waals surface area contributed by atoms with Gasteiger partial charge in [-0.1, -0.05) is 41.9 Å². The minimum absolute atomic E-state index is 0.148. The van der Waals surface area contributed by atoms with Gasteiger partial charge in [0.2, 0.25) is 15.9 Å². The number of halogens is 1. The minimum Gasteiger partial charge on any atom is -0.489 e. The van der Waals surface area contributed by atoms with Crippen molar-refractivity contribution < 1.29 is 17.9 Å². The summed E-state index contributed by atoms with van der Waals surface area (Å²) >= 11 is 5.88. The molecule has 1 aliphatic heterocycles. The molecular formula is C25H25ClN2O4S. The predicted octanol–water partition coefficient (Wildman–Crippen LogP) is 4.96. The molecule has 0 aliphatic carbocycles. The van der Waals surface area contributed by atoms with E-state index in [1.807, 2.05) is 30.3 Å². The smallest absolute Gasteiger partial charge is 0.243 e. The Hall–Kier alpha value is -2.87. The van der Waals surface area contributed by atoms with E-state index in [0.29, 0.717) is 42.5 Å². The van der Waals surface area contributed by atoms with E-state index in [4.69, 9.17) is 16.3 Å². The zero-order chi connectivity index (χ0) is 23.3.